The third-order valence-corrected chi connectivity index (χ3v) is 9.05. The normalized spacial score (nSPS) is 20.1. The third-order valence-electron chi connectivity index (χ3n) is 5.37. The minimum absolute atomic E-state index is 0.0576. The van der Waals surface area contributed by atoms with Gasteiger partial charge in [0, 0.05) is 23.8 Å². The zero-order chi connectivity index (χ0) is 19.9. The van der Waals surface area contributed by atoms with Crippen molar-refractivity contribution in [3.8, 4) is 0 Å². The Labute approximate surface area is 174 Å². The van der Waals surface area contributed by atoms with Crippen molar-refractivity contribution >= 4 is 45.0 Å². The number of hydrogen-bond acceptors (Lipinski definition) is 4. The van der Waals surface area contributed by atoms with E-state index in [4.69, 9.17) is 11.6 Å². The van der Waals surface area contributed by atoms with Gasteiger partial charge in [-0.2, -0.15) is 4.31 Å². The maximum absolute atomic E-state index is 13.0. The summed E-state index contributed by atoms with van der Waals surface area (Å²) in [6.45, 7) is 2.71. The van der Waals surface area contributed by atoms with Crippen molar-refractivity contribution in [1.29, 1.82) is 0 Å². The molecule has 2 aliphatic heterocycles. The van der Waals surface area contributed by atoms with Crippen molar-refractivity contribution in [1.82, 2.24) is 4.31 Å². The van der Waals surface area contributed by atoms with Gasteiger partial charge in [-0.1, -0.05) is 29.3 Å². The van der Waals surface area contributed by atoms with E-state index in [2.05, 4.69) is 0 Å². The van der Waals surface area contributed by atoms with E-state index in [1.54, 1.807) is 36.0 Å². The summed E-state index contributed by atoms with van der Waals surface area (Å²) < 4.78 is 27.5. The number of aryl methyl sites for hydroxylation is 1. The van der Waals surface area contributed by atoms with Crippen LogP contribution in [0.25, 0.3) is 0 Å². The summed E-state index contributed by atoms with van der Waals surface area (Å²) in [5, 5.41) is 0.621. The minimum atomic E-state index is -3.52. The average molecular weight is 437 g/mol. The lowest BCUT2D eigenvalue weighted by Gasteiger charge is -2.43. The second kappa shape index (κ2) is 7.37. The summed E-state index contributed by atoms with van der Waals surface area (Å²) in [6, 6.07) is 14.2. The van der Waals surface area contributed by atoms with E-state index in [0.717, 1.165) is 11.3 Å². The van der Waals surface area contributed by atoms with Crippen LogP contribution in [0.3, 0.4) is 0 Å². The Morgan fingerprint density at radius 3 is 2.21 bits per heavy atom. The van der Waals surface area contributed by atoms with E-state index in [1.807, 2.05) is 36.1 Å². The number of thioether (sulfide) groups is 1. The van der Waals surface area contributed by atoms with E-state index in [-0.39, 0.29) is 5.91 Å². The number of carbonyl (C=O) groups is 1. The number of piperidine rings is 1. The second-order valence-corrected chi connectivity index (χ2v) is 10.9. The maximum atomic E-state index is 13.0. The first kappa shape index (κ1) is 19.8. The molecule has 2 aliphatic rings. The fourth-order valence-electron chi connectivity index (χ4n) is 3.83. The number of anilines is 1. The number of carbonyl (C=O) groups excluding carboxylic acids is 1. The van der Waals surface area contributed by atoms with Crippen LogP contribution in [0.4, 0.5) is 5.69 Å². The van der Waals surface area contributed by atoms with Crippen molar-refractivity contribution in [2.24, 2.45) is 0 Å². The van der Waals surface area contributed by atoms with Crippen molar-refractivity contribution in [2.75, 3.05) is 23.7 Å². The van der Waals surface area contributed by atoms with E-state index in [0.29, 0.717) is 41.6 Å². The van der Waals surface area contributed by atoms with Crippen LogP contribution in [0, 0.1) is 6.92 Å². The summed E-state index contributed by atoms with van der Waals surface area (Å²) in [5.74, 6) is 0.468. The van der Waals surface area contributed by atoms with Crippen LogP contribution in [0.2, 0.25) is 5.02 Å². The Morgan fingerprint density at radius 1 is 1.00 bits per heavy atom. The largest absolute Gasteiger partial charge is 0.296 e. The molecule has 0 aromatic heterocycles. The summed E-state index contributed by atoms with van der Waals surface area (Å²) in [4.78, 5) is 14.4. The van der Waals surface area contributed by atoms with Gasteiger partial charge < -0.3 is 0 Å². The molecule has 0 bridgehead atoms. The zero-order valence-electron chi connectivity index (χ0n) is 15.5. The highest BCUT2D eigenvalue weighted by Crippen LogP contribution is 2.47. The van der Waals surface area contributed by atoms with Crippen molar-refractivity contribution in [3.63, 3.8) is 0 Å². The summed E-state index contributed by atoms with van der Waals surface area (Å²) in [7, 11) is -3.52. The van der Waals surface area contributed by atoms with Crippen LogP contribution in [-0.2, 0) is 14.8 Å². The van der Waals surface area contributed by atoms with Gasteiger partial charge in [0.15, 0.2) is 0 Å². The number of hydrogen-bond donors (Lipinski definition) is 0. The molecule has 1 spiro atoms. The molecule has 2 fully saturated rings. The molecule has 0 radical (unpaired) electrons. The lowest BCUT2D eigenvalue weighted by molar-refractivity contribution is -0.116. The van der Waals surface area contributed by atoms with Crippen LogP contribution in [0.15, 0.2) is 53.4 Å². The minimum Gasteiger partial charge on any atom is -0.296 e. The van der Waals surface area contributed by atoms with Crippen LogP contribution >= 0.6 is 23.4 Å². The van der Waals surface area contributed by atoms with Crippen LogP contribution in [0.1, 0.15) is 18.4 Å². The van der Waals surface area contributed by atoms with Gasteiger partial charge in [-0.3, -0.25) is 9.69 Å². The molecule has 0 atom stereocenters. The van der Waals surface area contributed by atoms with Crippen LogP contribution in [-0.4, -0.2) is 42.3 Å². The monoisotopic (exact) mass is 436 g/mol. The first-order valence-electron chi connectivity index (χ1n) is 9.11. The van der Waals surface area contributed by atoms with E-state index >= 15 is 0 Å². The molecule has 0 N–H and O–H groups in total. The lowest BCUT2D eigenvalue weighted by Crippen LogP contribution is -2.53. The predicted octanol–water partition coefficient (Wildman–Crippen LogP) is 3.91. The Balaban J connectivity index is 1.56. The Kier molecular flexibility index (Phi) is 5.20. The van der Waals surface area contributed by atoms with Gasteiger partial charge in [0.25, 0.3) is 0 Å². The average Bonchev–Trinajstić information content (AvgIpc) is 2.99. The number of rotatable bonds is 3. The molecule has 0 unspecified atom stereocenters. The summed E-state index contributed by atoms with van der Waals surface area (Å²) in [5.41, 5.74) is 1.84. The van der Waals surface area contributed by atoms with Crippen LogP contribution in [0.5, 0.6) is 0 Å². The molecule has 28 heavy (non-hydrogen) atoms. The molecule has 2 aromatic carbocycles. The SMILES string of the molecule is Cc1ccc(S(=O)(=O)N2CCC3(CC2)SCC(=O)N3c2ccc(Cl)cc2)cc1. The van der Waals surface area contributed by atoms with Gasteiger partial charge in [0.1, 0.15) is 0 Å². The number of sulfonamides is 1. The Bertz CT molecular complexity index is 983. The van der Waals surface area contributed by atoms with Crippen molar-refractivity contribution < 1.29 is 13.2 Å². The fourth-order valence-corrected chi connectivity index (χ4v) is 6.72. The first-order chi connectivity index (χ1) is 13.3. The van der Waals surface area contributed by atoms with Crippen molar-refractivity contribution in [3.05, 3.63) is 59.1 Å². The standard InChI is InChI=1S/C20H21ClN2O3S2/c1-15-2-8-18(9-3-15)28(25,26)22-12-10-20(11-13-22)23(19(24)14-27-20)17-6-4-16(21)5-7-17/h2-9H,10-14H2,1H3. The molecule has 5 nitrogen and oxygen atoms in total. The van der Waals surface area contributed by atoms with E-state index in [1.165, 1.54) is 4.31 Å². The molecule has 2 aromatic rings. The molecule has 0 aliphatic carbocycles. The number of nitrogens with zero attached hydrogens (tertiary/aromatic N) is 2. The molecule has 8 heteroatoms. The summed E-state index contributed by atoms with van der Waals surface area (Å²) in [6.07, 6.45) is 1.19. The molecule has 1 amide bonds. The maximum Gasteiger partial charge on any atom is 0.243 e. The smallest absolute Gasteiger partial charge is 0.243 e. The van der Waals surface area contributed by atoms with Crippen LogP contribution < -0.4 is 4.90 Å². The van der Waals surface area contributed by atoms with Gasteiger partial charge in [0.2, 0.25) is 15.9 Å². The highest BCUT2D eigenvalue weighted by molar-refractivity contribution is 8.02. The second-order valence-electron chi connectivity index (χ2n) is 7.16. The Morgan fingerprint density at radius 2 is 1.61 bits per heavy atom. The lowest BCUT2D eigenvalue weighted by atomic mass is 10.0. The topological polar surface area (TPSA) is 57.7 Å². The summed E-state index contributed by atoms with van der Waals surface area (Å²) >= 11 is 7.60. The van der Waals surface area contributed by atoms with Crippen molar-refractivity contribution in [2.45, 2.75) is 29.5 Å². The molecule has 2 saturated heterocycles. The third kappa shape index (κ3) is 3.45. The van der Waals surface area contributed by atoms with E-state index < -0.39 is 14.9 Å². The highest BCUT2D eigenvalue weighted by Gasteiger charge is 2.49. The first-order valence-corrected chi connectivity index (χ1v) is 11.9. The Hall–Kier alpha value is -1.54. The van der Waals surface area contributed by atoms with E-state index in [9.17, 15) is 13.2 Å². The molecule has 0 saturated carbocycles. The van der Waals surface area contributed by atoms with Gasteiger partial charge >= 0.3 is 0 Å². The highest BCUT2D eigenvalue weighted by atomic mass is 35.5. The van der Waals surface area contributed by atoms with Gasteiger partial charge in [0.05, 0.1) is 15.5 Å². The van der Waals surface area contributed by atoms with Gasteiger partial charge in [-0.05, 0) is 56.2 Å². The molecular formula is C20H21ClN2O3S2. The van der Waals surface area contributed by atoms with Gasteiger partial charge in [-0.15, -0.1) is 11.8 Å². The number of amides is 1. The number of benzene rings is 2. The number of halogens is 1. The fraction of sp³-hybridized carbons (Fsp3) is 0.350. The predicted molar refractivity (Wildman–Crippen MR) is 113 cm³/mol. The quantitative estimate of drug-likeness (QED) is 0.731. The molecule has 4 rings (SSSR count). The van der Waals surface area contributed by atoms with Gasteiger partial charge in [-0.25, -0.2) is 8.42 Å². The molecule has 2 heterocycles. The zero-order valence-corrected chi connectivity index (χ0v) is 17.9. The molecule has 148 valence electrons. The molecular weight excluding hydrogens is 416 g/mol.